The summed E-state index contributed by atoms with van der Waals surface area (Å²) < 4.78 is 5.66. The summed E-state index contributed by atoms with van der Waals surface area (Å²) >= 11 is 0. The highest BCUT2D eigenvalue weighted by molar-refractivity contribution is 5.85. The summed E-state index contributed by atoms with van der Waals surface area (Å²) in [6.45, 7) is 7.68. The van der Waals surface area contributed by atoms with Crippen molar-refractivity contribution >= 4 is 12.4 Å². The Bertz CT molecular complexity index is 313. The van der Waals surface area contributed by atoms with Crippen molar-refractivity contribution < 1.29 is 4.74 Å². The number of hydrogen-bond donors (Lipinski definition) is 1. The minimum Gasteiger partial charge on any atom is -0.493 e. The summed E-state index contributed by atoms with van der Waals surface area (Å²) in [5, 5.41) is 0. The van der Waals surface area contributed by atoms with Crippen LogP contribution >= 0.6 is 12.4 Å². The predicted molar refractivity (Wildman–Crippen MR) is 67.1 cm³/mol. The molecule has 0 aliphatic heterocycles. The molecule has 0 saturated heterocycles. The van der Waals surface area contributed by atoms with E-state index in [1.54, 1.807) is 0 Å². The lowest BCUT2D eigenvalue weighted by molar-refractivity contribution is 0.311. The third-order valence-corrected chi connectivity index (χ3v) is 2.37. The Morgan fingerprint density at radius 1 is 1.20 bits per heavy atom. The third kappa shape index (κ3) is 4.10. The molecule has 0 bridgehead atoms. The summed E-state index contributed by atoms with van der Waals surface area (Å²) in [5.74, 6) is 0.996. The molecule has 0 spiro atoms. The van der Waals surface area contributed by atoms with Gasteiger partial charge in [-0.1, -0.05) is 6.07 Å². The number of rotatable bonds is 4. The Labute approximate surface area is 98.2 Å². The van der Waals surface area contributed by atoms with Crippen molar-refractivity contribution in [3.8, 4) is 5.75 Å². The van der Waals surface area contributed by atoms with E-state index in [1.165, 1.54) is 16.7 Å². The van der Waals surface area contributed by atoms with Crippen LogP contribution in [0.3, 0.4) is 0 Å². The van der Waals surface area contributed by atoms with Crippen LogP contribution in [0.2, 0.25) is 0 Å². The molecule has 1 rings (SSSR count). The van der Waals surface area contributed by atoms with Gasteiger partial charge in [0.1, 0.15) is 5.75 Å². The number of aryl methyl sites for hydroxylation is 2. The number of halogens is 1. The van der Waals surface area contributed by atoms with Gasteiger partial charge in [-0.05, 0) is 56.5 Å². The van der Waals surface area contributed by atoms with Gasteiger partial charge < -0.3 is 10.5 Å². The van der Waals surface area contributed by atoms with E-state index in [-0.39, 0.29) is 12.4 Å². The lowest BCUT2D eigenvalue weighted by Crippen LogP contribution is -2.07. The average Bonchev–Trinajstić information content (AvgIpc) is 2.13. The van der Waals surface area contributed by atoms with E-state index in [0.29, 0.717) is 13.2 Å². The Morgan fingerprint density at radius 2 is 1.87 bits per heavy atom. The van der Waals surface area contributed by atoms with Crippen molar-refractivity contribution in [3.63, 3.8) is 0 Å². The second-order valence-corrected chi connectivity index (χ2v) is 3.70. The lowest BCUT2D eigenvalue weighted by Gasteiger charge is -2.11. The minimum absolute atomic E-state index is 0. The molecule has 2 N–H and O–H groups in total. The zero-order valence-electron chi connectivity index (χ0n) is 9.67. The highest BCUT2D eigenvalue weighted by Crippen LogP contribution is 2.23. The average molecular weight is 230 g/mol. The van der Waals surface area contributed by atoms with Crippen molar-refractivity contribution in [2.75, 3.05) is 13.2 Å². The van der Waals surface area contributed by atoms with Crippen LogP contribution in [0.5, 0.6) is 5.75 Å². The van der Waals surface area contributed by atoms with Crippen molar-refractivity contribution in [1.29, 1.82) is 0 Å². The molecule has 2 nitrogen and oxygen atoms in total. The molecule has 0 aliphatic carbocycles. The molecule has 0 heterocycles. The number of nitrogens with two attached hydrogens (primary N) is 1. The second-order valence-electron chi connectivity index (χ2n) is 3.70. The molecular weight excluding hydrogens is 210 g/mol. The summed E-state index contributed by atoms with van der Waals surface area (Å²) in [6.07, 6.45) is 0.909. The van der Waals surface area contributed by atoms with E-state index in [0.717, 1.165) is 12.2 Å². The van der Waals surface area contributed by atoms with Gasteiger partial charge in [-0.2, -0.15) is 0 Å². The molecule has 0 saturated carbocycles. The molecule has 0 fully saturated rings. The molecule has 0 atom stereocenters. The molecule has 0 aliphatic rings. The summed E-state index contributed by atoms with van der Waals surface area (Å²) in [5.41, 5.74) is 9.17. The van der Waals surface area contributed by atoms with E-state index < -0.39 is 0 Å². The first-order chi connectivity index (χ1) is 6.65. The minimum atomic E-state index is 0. The first-order valence-electron chi connectivity index (χ1n) is 5.06. The fourth-order valence-electron chi connectivity index (χ4n) is 1.42. The van der Waals surface area contributed by atoms with Crippen LogP contribution < -0.4 is 10.5 Å². The maximum atomic E-state index is 5.66. The normalized spacial score (nSPS) is 9.60. The van der Waals surface area contributed by atoms with Crippen LogP contribution in [0.1, 0.15) is 23.1 Å². The first-order valence-corrected chi connectivity index (χ1v) is 5.06. The van der Waals surface area contributed by atoms with E-state index in [9.17, 15) is 0 Å². The van der Waals surface area contributed by atoms with E-state index in [1.807, 2.05) is 0 Å². The summed E-state index contributed by atoms with van der Waals surface area (Å²) in [7, 11) is 0. The number of ether oxygens (including phenoxy) is 1. The standard InChI is InChI=1S/C12H19NO.ClH/c1-9-7-10(2)11(3)12(8-9)14-6-4-5-13;/h7-8H,4-6,13H2,1-3H3;1H. The van der Waals surface area contributed by atoms with Gasteiger partial charge in [0.25, 0.3) is 0 Å². The SMILES string of the molecule is Cc1cc(C)c(C)c(OCCCN)c1.Cl. The molecule has 0 unspecified atom stereocenters. The Hall–Kier alpha value is -0.730. The maximum Gasteiger partial charge on any atom is 0.122 e. The van der Waals surface area contributed by atoms with Crippen LogP contribution in [0.15, 0.2) is 12.1 Å². The van der Waals surface area contributed by atoms with Gasteiger partial charge >= 0.3 is 0 Å². The lowest BCUT2D eigenvalue weighted by atomic mass is 10.1. The van der Waals surface area contributed by atoms with Crippen LogP contribution in [0.4, 0.5) is 0 Å². The van der Waals surface area contributed by atoms with Crippen molar-refractivity contribution in [2.45, 2.75) is 27.2 Å². The fourth-order valence-corrected chi connectivity index (χ4v) is 1.42. The summed E-state index contributed by atoms with van der Waals surface area (Å²) in [4.78, 5) is 0. The van der Waals surface area contributed by atoms with Crippen molar-refractivity contribution in [3.05, 3.63) is 28.8 Å². The topological polar surface area (TPSA) is 35.2 Å². The predicted octanol–water partition coefficient (Wildman–Crippen LogP) is 2.76. The van der Waals surface area contributed by atoms with E-state index in [4.69, 9.17) is 10.5 Å². The smallest absolute Gasteiger partial charge is 0.122 e. The second kappa shape index (κ2) is 6.70. The molecule has 3 heteroatoms. The molecule has 0 amide bonds. The number of benzene rings is 1. The van der Waals surface area contributed by atoms with Gasteiger partial charge in [0.2, 0.25) is 0 Å². The van der Waals surface area contributed by atoms with Crippen molar-refractivity contribution in [2.24, 2.45) is 5.73 Å². The zero-order valence-corrected chi connectivity index (χ0v) is 10.5. The van der Waals surface area contributed by atoms with Gasteiger partial charge in [0.15, 0.2) is 0 Å². The van der Waals surface area contributed by atoms with Crippen LogP contribution in [0.25, 0.3) is 0 Å². The molecule has 0 aromatic heterocycles. The largest absolute Gasteiger partial charge is 0.493 e. The van der Waals surface area contributed by atoms with Gasteiger partial charge in [0.05, 0.1) is 6.61 Å². The summed E-state index contributed by atoms with van der Waals surface area (Å²) in [6, 6.07) is 4.25. The van der Waals surface area contributed by atoms with Gasteiger partial charge in [-0.25, -0.2) is 0 Å². The van der Waals surface area contributed by atoms with Crippen LogP contribution in [-0.2, 0) is 0 Å². The van der Waals surface area contributed by atoms with Crippen molar-refractivity contribution in [1.82, 2.24) is 0 Å². The highest BCUT2D eigenvalue weighted by Gasteiger charge is 2.03. The number of hydrogen-bond acceptors (Lipinski definition) is 2. The first kappa shape index (κ1) is 14.3. The monoisotopic (exact) mass is 229 g/mol. The Kier molecular flexibility index (Phi) is 6.37. The van der Waals surface area contributed by atoms with Crippen LogP contribution in [0, 0.1) is 20.8 Å². The fraction of sp³-hybridized carbons (Fsp3) is 0.500. The quantitative estimate of drug-likeness (QED) is 0.806. The molecule has 86 valence electrons. The highest BCUT2D eigenvalue weighted by atomic mass is 35.5. The Balaban J connectivity index is 0.00000196. The van der Waals surface area contributed by atoms with E-state index in [2.05, 4.69) is 32.9 Å². The maximum absolute atomic E-state index is 5.66. The van der Waals surface area contributed by atoms with Crippen LogP contribution in [-0.4, -0.2) is 13.2 Å². The zero-order chi connectivity index (χ0) is 10.6. The third-order valence-electron chi connectivity index (χ3n) is 2.37. The van der Waals surface area contributed by atoms with E-state index >= 15 is 0 Å². The van der Waals surface area contributed by atoms with Gasteiger partial charge in [-0.15, -0.1) is 12.4 Å². The Morgan fingerprint density at radius 3 is 2.47 bits per heavy atom. The van der Waals surface area contributed by atoms with Gasteiger partial charge in [0, 0.05) is 0 Å². The molecular formula is C12H20ClNO. The molecule has 1 aromatic carbocycles. The molecule has 0 radical (unpaired) electrons. The molecule has 15 heavy (non-hydrogen) atoms. The van der Waals surface area contributed by atoms with Gasteiger partial charge in [-0.3, -0.25) is 0 Å². The molecule has 1 aromatic rings.